The van der Waals surface area contributed by atoms with Crippen molar-refractivity contribution < 1.29 is 4.79 Å². The summed E-state index contributed by atoms with van der Waals surface area (Å²) in [5.41, 5.74) is 3.60. The number of hydrogen-bond donors (Lipinski definition) is 0. The van der Waals surface area contributed by atoms with Crippen molar-refractivity contribution in [3.63, 3.8) is 0 Å². The number of aryl methyl sites for hydroxylation is 1. The zero-order valence-corrected chi connectivity index (χ0v) is 10.6. The van der Waals surface area contributed by atoms with Gasteiger partial charge in [-0.15, -0.1) is 0 Å². The lowest BCUT2D eigenvalue weighted by Crippen LogP contribution is -2.03. The Morgan fingerprint density at radius 3 is 2.79 bits per heavy atom. The quantitative estimate of drug-likeness (QED) is 0.672. The van der Waals surface area contributed by atoms with E-state index >= 15 is 0 Å². The van der Waals surface area contributed by atoms with Gasteiger partial charge in [0.05, 0.1) is 12.2 Å². The molecule has 0 saturated carbocycles. The number of rotatable bonds is 3. The lowest BCUT2D eigenvalue weighted by molar-refractivity contribution is 0.112. The number of pyridine rings is 2. The Morgan fingerprint density at radius 1 is 1.21 bits per heavy atom. The number of nitrogens with zero attached hydrogens (tertiary/aromatic N) is 3. The molecule has 4 nitrogen and oxygen atoms in total. The van der Waals surface area contributed by atoms with Gasteiger partial charge >= 0.3 is 0 Å². The summed E-state index contributed by atoms with van der Waals surface area (Å²) in [6, 6.07) is 7.70. The Hall–Kier alpha value is -2.49. The topological polar surface area (TPSA) is 47.8 Å². The van der Waals surface area contributed by atoms with Crippen LogP contribution in [0.25, 0.3) is 11.0 Å². The van der Waals surface area contributed by atoms with E-state index in [4.69, 9.17) is 0 Å². The second-order valence-electron chi connectivity index (χ2n) is 4.47. The Labute approximate surface area is 110 Å². The van der Waals surface area contributed by atoms with Crippen LogP contribution in [0.5, 0.6) is 0 Å². The van der Waals surface area contributed by atoms with E-state index in [1.54, 1.807) is 12.4 Å². The maximum Gasteiger partial charge on any atom is 0.152 e. The number of hydrogen-bond acceptors (Lipinski definition) is 3. The molecule has 0 aliphatic heterocycles. The second kappa shape index (κ2) is 4.65. The molecule has 0 aliphatic rings. The van der Waals surface area contributed by atoms with Gasteiger partial charge in [-0.2, -0.15) is 0 Å². The molecule has 94 valence electrons. The standard InChI is InChI=1S/C15H13N3O/c1-11-4-2-6-16-14(11)9-18-8-12(10-19)13-5-3-7-17-15(13)18/h2-8,10H,9H2,1H3. The fourth-order valence-electron chi connectivity index (χ4n) is 2.21. The molecule has 0 aliphatic carbocycles. The van der Waals surface area contributed by atoms with Crippen molar-refractivity contribution in [2.45, 2.75) is 13.5 Å². The predicted molar refractivity (Wildman–Crippen MR) is 73.2 cm³/mol. The molecule has 0 saturated heterocycles. The van der Waals surface area contributed by atoms with Gasteiger partial charge in [0.25, 0.3) is 0 Å². The molecule has 3 rings (SSSR count). The molecule has 0 fully saturated rings. The van der Waals surface area contributed by atoms with Crippen LogP contribution >= 0.6 is 0 Å². The van der Waals surface area contributed by atoms with E-state index in [1.165, 1.54) is 0 Å². The average molecular weight is 251 g/mol. The Bertz CT molecular complexity index is 746. The number of aromatic nitrogens is 3. The molecule has 4 heteroatoms. The summed E-state index contributed by atoms with van der Waals surface area (Å²) in [6.07, 6.45) is 6.21. The second-order valence-corrected chi connectivity index (χ2v) is 4.47. The van der Waals surface area contributed by atoms with E-state index in [2.05, 4.69) is 9.97 Å². The lowest BCUT2D eigenvalue weighted by Gasteiger charge is -2.06. The predicted octanol–water partition coefficient (Wildman–Crippen LogP) is 2.60. The first-order chi connectivity index (χ1) is 9.29. The molecule has 0 bridgehead atoms. The van der Waals surface area contributed by atoms with E-state index in [1.807, 2.05) is 42.0 Å². The highest BCUT2D eigenvalue weighted by Gasteiger charge is 2.10. The molecule has 0 radical (unpaired) electrons. The average Bonchev–Trinajstić information content (AvgIpc) is 2.80. The van der Waals surface area contributed by atoms with Crippen molar-refractivity contribution in [3.8, 4) is 0 Å². The van der Waals surface area contributed by atoms with Crippen molar-refractivity contribution in [1.82, 2.24) is 14.5 Å². The molecule has 0 unspecified atom stereocenters. The smallest absolute Gasteiger partial charge is 0.152 e. The van der Waals surface area contributed by atoms with E-state index in [-0.39, 0.29) is 0 Å². The summed E-state index contributed by atoms with van der Waals surface area (Å²) >= 11 is 0. The summed E-state index contributed by atoms with van der Waals surface area (Å²) < 4.78 is 1.97. The van der Waals surface area contributed by atoms with Gasteiger partial charge < -0.3 is 4.57 Å². The summed E-state index contributed by atoms with van der Waals surface area (Å²) in [4.78, 5) is 19.8. The minimum absolute atomic E-state index is 0.619. The molecule has 3 aromatic heterocycles. The van der Waals surface area contributed by atoms with Crippen LogP contribution in [-0.4, -0.2) is 20.8 Å². The minimum Gasteiger partial charge on any atom is -0.326 e. The van der Waals surface area contributed by atoms with Crippen LogP contribution in [0.15, 0.2) is 42.9 Å². The minimum atomic E-state index is 0.619. The van der Waals surface area contributed by atoms with Gasteiger partial charge in [0.1, 0.15) is 5.65 Å². The third-order valence-corrected chi connectivity index (χ3v) is 3.23. The Balaban J connectivity index is 2.11. The Kier molecular flexibility index (Phi) is 2.83. The molecule has 19 heavy (non-hydrogen) atoms. The van der Waals surface area contributed by atoms with Gasteiger partial charge in [0.15, 0.2) is 6.29 Å². The van der Waals surface area contributed by atoms with Crippen molar-refractivity contribution in [2.75, 3.05) is 0 Å². The molecular formula is C15H13N3O. The highest BCUT2D eigenvalue weighted by molar-refractivity contribution is 5.95. The highest BCUT2D eigenvalue weighted by Crippen LogP contribution is 2.19. The summed E-state index contributed by atoms with van der Waals surface area (Å²) in [5, 5.41) is 0.881. The van der Waals surface area contributed by atoms with Gasteiger partial charge in [-0.05, 0) is 30.7 Å². The van der Waals surface area contributed by atoms with E-state index < -0.39 is 0 Å². The first-order valence-corrected chi connectivity index (χ1v) is 6.09. The highest BCUT2D eigenvalue weighted by atomic mass is 16.1. The summed E-state index contributed by atoms with van der Waals surface area (Å²) in [5.74, 6) is 0. The Morgan fingerprint density at radius 2 is 2.00 bits per heavy atom. The first-order valence-electron chi connectivity index (χ1n) is 6.09. The fourth-order valence-corrected chi connectivity index (χ4v) is 2.21. The molecule has 0 spiro atoms. The molecule has 0 amide bonds. The van der Waals surface area contributed by atoms with Gasteiger partial charge in [-0.1, -0.05) is 6.07 Å². The summed E-state index contributed by atoms with van der Waals surface area (Å²) in [7, 11) is 0. The molecule has 0 N–H and O–H groups in total. The number of carbonyl (C=O) groups is 1. The van der Waals surface area contributed by atoms with Crippen LogP contribution in [0.4, 0.5) is 0 Å². The number of aldehydes is 1. The first kappa shape index (κ1) is 11.6. The maximum atomic E-state index is 11.1. The lowest BCUT2D eigenvalue weighted by atomic mass is 10.2. The van der Waals surface area contributed by atoms with Crippen LogP contribution < -0.4 is 0 Å². The van der Waals surface area contributed by atoms with Gasteiger partial charge in [-0.25, -0.2) is 4.98 Å². The molecule has 0 atom stereocenters. The van der Waals surface area contributed by atoms with Crippen molar-refractivity contribution in [1.29, 1.82) is 0 Å². The van der Waals surface area contributed by atoms with E-state index in [0.29, 0.717) is 12.1 Å². The monoisotopic (exact) mass is 251 g/mol. The van der Waals surface area contributed by atoms with Crippen molar-refractivity contribution >= 4 is 17.3 Å². The molecule has 3 heterocycles. The van der Waals surface area contributed by atoms with Crippen LogP contribution in [0.3, 0.4) is 0 Å². The normalized spacial score (nSPS) is 10.8. The maximum absolute atomic E-state index is 11.1. The van der Waals surface area contributed by atoms with Gasteiger partial charge in [-0.3, -0.25) is 9.78 Å². The van der Waals surface area contributed by atoms with Crippen LogP contribution in [-0.2, 0) is 6.54 Å². The van der Waals surface area contributed by atoms with Crippen molar-refractivity contribution in [3.05, 3.63) is 59.7 Å². The van der Waals surface area contributed by atoms with Crippen LogP contribution in [0, 0.1) is 6.92 Å². The fraction of sp³-hybridized carbons (Fsp3) is 0.133. The van der Waals surface area contributed by atoms with Gasteiger partial charge in [0, 0.05) is 29.5 Å². The van der Waals surface area contributed by atoms with E-state index in [9.17, 15) is 4.79 Å². The number of fused-ring (bicyclic) bond motifs is 1. The summed E-state index contributed by atoms with van der Waals surface area (Å²) in [6.45, 7) is 2.65. The van der Waals surface area contributed by atoms with Crippen LogP contribution in [0.1, 0.15) is 21.6 Å². The largest absolute Gasteiger partial charge is 0.326 e. The third kappa shape index (κ3) is 2.01. The van der Waals surface area contributed by atoms with Crippen LogP contribution in [0.2, 0.25) is 0 Å². The zero-order valence-electron chi connectivity index (χ0n) is 10.6. The third-order valence-electron chi connectivity index (χ3n) is 3.23. The van der Waals surface area contributed by atoms with E-state index in [0.717, 1.165) is 28.6 Å². The van der Waals surface area contributed by atoms with Gasteiger partial charge in [0.2, 0.25) is 0 Å². The molecular weight excluding hydrogens is 238 g/mol. The molecule has 0 aromatic carbocycles. The molecule has 3 aromatic rings. The van der Waals surface area contributed by atoms with Crippen molar-refractivity contribution in [2.24, 2.45) is 0 Å². The number of carbonyl (C=O) groups excluding carboxylic acids is 1. The SMILES string of the molecule is Cc1cccnc1Cn1cc(C=O)c2cccnc21. The zero-order chi connectivity index (χ0) is 13.2.